The topological polar surface area (TPSA) is 102 Å². The maximum Gasteiger partial charge on any atom is 0.329 e. The zero-order valence-electron chi connectivity index (χ0n) is 14.3. The van der Waals surface area contributed by atoms with Gasteiger partial charge in [0, 0.05) is 17.5 Å². The van der Waals surface area contributed by atoms with Crippen molar-refractivity contribution in [2.75, 3.05) is 6.61 Å². The lowest BCUT2D eigenvalue weighted by Gasteiger charge is -2.19. The van der Waals surface area contributed by atoms with E-state index in [-0.39, 0.29) is 5.92 Å². The van der Waals surface area contributed by atoms with Crippen LogP contribution in [0.1, 0.15) is 37.6 Å². The third kappa shape index (κ3) is 7.80. The fraction of sp³-hybridized carbons (Fsp3) is 0.412. The van der Waals surface area contributed by atoms with E-state index in [0.29, 0.717) is 17.0 Å². The van der Waals surface area contributed by atoms with Crippen LogP contribution in [0.2, 0.25) is 5.02 Å². The Morgan fingerprint density at radius 3 is 2.24 bits per heavy atom. The summed E-state index contributed by atoms with van der Waals surface area (Å²) in [5, 5.41) is 5.08. The van der Waals surface area contributed by atoms with E-state index in [2.05, 4.69) is 5.32 Å². The molecule has 2 N–H and O–H groups in total. The third-order valence-electron chi connectivity index (χ3n) is 3.06. The van der Waals surface area contributed by atoms with Gasteiger partial charge in [-0.3, -0.25) is 19.7 Å². The van der Waals surface area contributed by atoms with Crippen LogP contribution in [-0.4, -0.2) is 36.3 Å². The summed E-state index contributed by atoms with van der Waals surface area (Å²) in [4.78, 5) is 46.6. The number of benzene rings is 1. The highest BCUT2D eigenvalue weighted by atomic mass is 35.5. The van der Waals surface area contributed by atoms with Crippen molar-refractivity contribution in [1.82, 2.24) is 10.6 Å². The Labute approximate surface area is 151 Å². The van der Waals surface area contributed by atoms with E-state index in [1.54, 1.807) is 12.1 Å². The van der Waals surface area contributed by atoms with Gasteiger partial charge in [0.15, 0.2) is 6.61 Å². The summed E-state index contributed by atoms with van der Waals surface area (Å²) in [6, 6.07) is 5.30. The molecule has 0 saturated heterocycles. The van der Waals surface area contributed by atoms with E-state index in [1.807, 2.05) is 19.2 Å². The number of rotatable bonds is 7. The second-order valence-electron chi connectivity index (χ2n) is 5.87. The molecule has 0 radical (unpaired) electrons. The van der Waals surface area contributed by atoms with Gasteiger partial charge in [0.2, 0.25) is 5.91 Å². The van der Waals surface area contributed by atoms with Crippen LogP contribution in [0, 0.1) is 5.92 Å². The van der Waals surface area contributed by atoms with Crippen molar-refractivity contribution >= 4 is 35.3 Å². The maximum absolute atomic E-state index is 12.3. The number of nitrogens with one attached hydrogen (secondary N) is 2. The van der Waals surface area contributed by atoms with Crippen molar-refractivity contribution in [1.29, 1.82) is 0 Å². The van der Waals surface area contributed by atoms with Crippen molar-refractivity contribution in [3.8, 4) is 0 Å². The van der Waals surface area contributed by atoms with Gasteiger partial charge in [-0.25, -0.2) is 4.79 Å². The molecule has 0 fully saturated rings. The minimum atomic E-state index is -0.909. The van der Waals surface area contributed by atoms with Crippen LogP contribution < -0.4 is 10.6 Å². The maximum atomic E-state index is 12.3. The summed E-state index contributed by atoms with van der Waals surface area (Å²) in [6.45, 7) is 4.35. The molecule has 0 aliphatic heterocycles. The highest BCUT2D eigenvalue weighted by Gasteiger charge is 2.24. The van der Waals surface area contributed by atoms with Crippen molar-refractivity contribution in [2.45, 2.75) is 33.2 Å². The second kappa shape index (κ2) is 9.78. The molecule has 25 heavy (non-hydrogen) atoms. The van der Waals surface area contributed by atoms with Crippen molar-refractivity contribution in [3.63, 3.8) is 0 Å². The molecule has 0 aliphatic carbocycles. The summed E-state index contributed by atoms with van der Waals surface area (Å²) >= 11 is 5.78. The number of esters is 1. The Kier molecular flexibility index (Phi) is 8.07. The van der Waals surface area contributed by atoms with Gasteiger partial charge in [0.25, 0.3) is 11.8 Å². The number of carbonyl (C=O) groups excluding carboxylic acids is 4. The lowest BCUT2D eigenvalue weighted by molar-refractivity contribution is -0.151. The minimum absolute atomic E-state index is 0.106. The van der Waals surface area contributed by atoms with Gasteiger partial charge in [0.05, 0.1) is 0 Å². The first-order valence-corrected chi connectivity index (χ1v) is 8.10. The molecular weight excluding hydrogens is 348 g/mol. The van der Waals surface area contributed by atoms with Crippen molar-refractivity contribution in [2.24, 2.45) is 5.92 Å². The first-order chi connectivity index (χ1) is 11.7. The number of carbonyl (C=O) groups is 4. The van der Waals surface area contributed by atoms with Gasteiger partial charge in [-0.1, -0.05) is 25.4 Å². The molecule has 0 heterocycles. The average Bonchev–Trinajstić information content (AvgIpc) is 2.51. The van der Waals surface area contributed by atoms with E-state index in [1.165, 1.54) is 19.1 Å². The first kappa shape index (κ1) is 20.6. The summed E-state index contributed by atoms with van der Waals surface area (Å²) in [5.74, 6) is -2.36. The zero-order chi connectivity index (χ0) is 19.0. The zero-order valence-corrected chi connectivity index (χ0v) is 15.1. The summed E-state index contributed by atoms with van der Waals surface area (Å²) in [7, 11) is 0. The number of amides is 3. The first-order valence-electron chi connectivity index (χ1n) is 7.72. The Morgan fingerprint density at radius 1 is 1.12 bits per heavy atom. The lowest BCUT2D eigenvalue weighted by Crippen LogP contribution is -2.44. The summed E-state index contributed by atoms with van der Waals surface area (Å²) < 4.78 is 4.88. The van der Waals surface area contributed by atoms with Crippen LogP contribution in [0.25, 0.3) is 0 Å². The number of halogens is 1. The van der Waals surface area contributed by atoms with E-state index < -0.39 is 36.3 Å². The highest BCUT2D eigenvalue weighted by Crippen LogP contribution is 2.11. The summed E-state index contributed by atoms with van der Waals surface area (Å²) in [6.07, 6.45) is 0.340. The Balaban J connectivity index is 2.70. The largest absolute Gasteiger partial charge is 0.454 e. The van der Waals surface area contributed by atoms with Gasteiger partial charge in [-0.2, -0.15) is 0 Å². The highest BCUT2D eigenvalue weighted by molar-refractivity contribution is 6.30. The van der Waals surface area contributed by atoms with Crippen LogP contribution in [0.3, 0.4) is 0 Å². The second-order valence-corrected chi connectivity index (χ2v) is 6.31. The number of hydrogen-bond acceptors (Lipinski definition) is 5. The molecule has 0 aromatic heterocycles. The molecule has 0 aliphatic rings. The minimum Gasteiger partial charge on any atom is -0.454 e. The fourth-order valence-electron chi connectivity index (χ4n) is 2.00. The van der Waals surface area contributed by atoms with E-state index >= 15 is 0 Å². The summed E-state index contributed by atoms with van der Waals surface area (Å²) in [5.41, 5.74) is 0.347. The molecule has 136 valence electrons. The molecule has 7 nitrogen and oxygen atoms in total. The Hall–Kier alpha value is -2.41. The van der Waals surface area contributed by atoms with Crippen LogP contribution in [0.15, 0.2) is 24.3 Å². The smallest absolute Gasteiger partial charge is 0.329 e. The predicted octanol–water partition coefficient (Wildman–Crippen LogP) is 1.69. The average molecular weight is 369 g/mol. The van der Waals surface area contributed by atoms with Crippen molar-refractivity contribution in [3.05, 3.63) is 34.9 Å². The monoisotopic (exact) mass is 368 g/mol. The molecule has 0 unspecified atom stereocenters. The Bertz CT molecular complexity index is 643. The van der Waals surface area contributed by atoms with E-state index in [0.717, 1.165) is 0 Å². The number of imide groups is 1. The quantitative estimate of drug-likeness (QED) is 0.713. The molecule has 1 aromatic carbocycles. The van der Waals surface area contributed by atoms with Gasteiger partial charge in [-0.05, 0) is 36.6 Å². The SMILES string of the molecule is CC(=O)NC(=O)COC(=O)[C@@H](CC(C)C)NC(=O)c1ccc(Cl)cc1. The lowest BCUT2D eigenvalue weighted by atomic mass is 10.0. The fourth-order valence-corrected chi connectivity index (χ4v) is 2.12. The molecule has 0 saturated carbocycles. The molecular formula is C17H21ClN2O5. The molecule has 8 heteroatoms. The molecule has 1 atom stereocenters. The standard InChI is InChI=1S/C17H21ClN2O5/c1-10(2)8-14(17(24)25-9-15(22)19-11(3)21)20-16(23)12-4-6-13(18)7-5-12/h4-7,10,14H,8-9H2,1-3H3,(H,20,23)(H,19,21,22)/t14-/m1/s1. The number of hydrogen-bond donors (Lipinski definition) is 2. The predicted molar refractivity (Wildman–Crippen MR) is 91.9 cm³/mol. The molecule has 1 rings (SSSR count). The van der Waals surface area contributed by atoms with Crippen LogP contribution in [0.4, 0.5) is 0 Å². The number of ether oxygens (including phenoxy) is 1. The molecule has 3 amide bonds. The van der Waals surface area contributed by atoms with E-state index in [9.17, 15) is 19.2 Å². The molecule has 1 aromatic rings. The van der Waals surface area contributed by atoms with Gasteiger partial charge in [0.1, 0.15) is 6.04 Å². The molecule has 0 bridgehead atoms. The van der Waals surface area contributed by atoms with Gasteiger partial charge in [-0.15, -0.1) is 0 Å². The van der Waals surface area contributed by atoms with Crippen LogP contribution in [-0.2, 0) is 19.1 Å². The normalized spacial score (nSPS) is 11.6. The molecule has 0 spiro atoms. The van der Waals surface area contributed by atoms with Gasteiger partial charge >= 0.3 is 5.97 Å². The van der Waals surface area contributed by atoms with Gasteiger partial charge < -0.3 is 10.1 Å². The van der Waals surface area contributed by atoms with Crippen LogP contribution in [0.5, 0.6) is 0 Å². The third-order valence-corrected chi connectivity index (χ3v) is 3.32. The van der Waals surface area contributed by atoms with Crippen LogP contribution >= 0.6 is 11.6 Å². The van der Waals surface area contributed by atoms with E-state index in [4.69, 9.17) is 16.3 Å². The van der Waals surface area contributed by atoms with Crippen molar-refractivity contribution < 1.29 is 23.9 Å². The Morgan fingerprint density at radius 2 is 1.72 bits per heavy atom.